The van der Waals surface area contributed by atoms with E-state index >= 15 is 0 Å². The number of rotatable bonds is 3. The standard InChI is InChI=1S/C15H17F3N4O2/c1-2-11-13(19-8-24-11)14(23)22-5-3-4-9(7-22)10-6-12(21-20-10)15(16,17)18/h6,8-9H,2-5,7H2,1H3,(H,20,21)/t9-/m1/s1. The Balaban J connectivity index is 1.75. The number of alkyl halides is 3. The predicted molar refractivity (Wildman–Crippen MR) is 77.3 cm³/mol. The number of aromatic amines is 1. The van der Waals surface area contributed by atoms with Crippen molar-refractivity contribution in [2.24, 2.45) is 0 Å². The minimum atomic E-state index is -4.48. The summed E-state index contributed by atoms with van der Waals surface area (Å²) in [6.07, 6.45) is -1.29. The Morgan fingerprint density at radius 1 is 1.50 bits per heavy atom. The van der Waals surface area contributed by atoms with Gasteiger partial charge >= 0.3 is 6.18 Å². The van der Waals surface area contributed by atoms with Crippen molar-refractivity contribution in [2.75, 3.05) is 13.1 Å². The van der Waals surface area contributed by atoms with E-state index in [0.29, 0.717) is 43.8 Å². The molecule has 2 aromatic rings. The maximum absolute atomic E-state index is 12.7. The highest BCUT2D eigenvalue weighted by Crippen LogP contribution is 2.32. The zero-order valence-electron chi connectivity index (χ0n) is 13.1. The monoisotopic (exact) mass is 342 g/mol. The third-order valence-corrected chi connectivity index (χ3v) is 4.20. The van der Waals surface area contributed by atoms with Crippen LogP contribution in [0.25, 0.3) is 0 Å². The van der Waals surface area contributed by atoms with Gasteiger partial charge in [0.25, 0.3) is 5.91 Å². The molecule has 0 radical (unpaired) electrons. The summed E-state index contributed by atoms with van der Waals surface area (Å²) in [6.45, 7) is 2.74. The van der Waals surface area contributed by atoms with Crippen molar-refractivity contribution in [1.82, 2.24) is 20.1 Å². The molecular formula is C15H17F3N4O2. The molecule has 9 heteroatoms. The van der Waals surface area contributed by atoms with E-state index in [-0.39, 0.29) is 17.5 Å². The van der Waals surface area contributed by atoms with Gasteiger partial charge in [-0.25, -0.2) is 4.98 Å². The molecule has 1 N–H and O–H groups in total. The molecule has 1 aliphatic heterocycles. The summed E-state index contributed by atoms with van der Waals surface area (Å²) in [7, 11) is 0. The SMILES string of the molecule is CCc1ocnc1C(=O)N1CCC[C@@H](c2cc(C(F)(F)F)n[nH]2)C1. The second-order valence-corrected chi connectivity index (χ2v) is 5.77. The Hall–Kier alpha value is -2.32. The number of likely N-dealkylation sites (tertiary alicyclic amines) is 1. The van der Waals surface area contributed by atoms with Gasteiger partial charge in [0.05, 0.1) is 0 Å². The highest BCUT2D eigenvalue weighted by Gasteiger charge is 2.35. The molecule has 2 aromatic heterocycles. The lowest BCUT2D eigenvalue weighted by molar-refractivity contribution is -0.141. The van der Waals surface area contributed by atoms with Gasteiger partial charge in [-0.3, -0.25) is 9.89 Å². The molecule has 1 saturated heterocycles. The maximum Gasteiger partial charge on any atom is 0.435 e. The lowest BCUT2D eigenvalue weighted by atomic mass is 9.94. The average Bonchev–Trinajstić information content (AvgIpc) is 3.22. The molecule has 24 heavy (non-hydrogen) atoms. The number of hydrogen-bond acceptors (Lipinski definition) is 4. The predicted octanol–water partition coefficient (Wildman–Crippen LogP) is 3.00. The van der Waals surface area contributed by atoms with Gasteiger partial charge in [0, 0.05) is 31.1 Å². The second kappa shape index (κ2) is 6.29. The minimum Gasteiger partial charge on any atom is -0.448 e. The van der Waals surface area contributed by atoms with Gasteiger partial charge in [-0.2, -0.15) is 18.3 Å². The summed E-state index contributed by atoms with van der Waals surface area (Å²) in [4.78, 5) is 18.2. The van der Waals surface area contributed by atoms with E-state index in [1.54, 1.807) is 4.90 Å². The van der Waals surface area contributed by atoms with Crippen LogP contribution in [0.15, 0.2) is 16.9 Å². The van der Waals surface area contributed by atoms with Crippen LogP contribution in [0.3, 0.4) is 0 Å². The smallest absolute Gasteiger partial charge is 0.435 e. The van der Waals surface area contributed by atoms with Crippen LogP contribution in [-0.4, -0.2) is 39.1 Å². The average molecular weight is 342 g/mol. The van der Waals surface area contributed by atoms with Crippen LogP contribution in [0.5, 0.6) is 0 Å². The Morgan fingerprint density at radius 2 is 2.29 bits per heavy atom. The van der Waals surface area contributed by atoms with Crippen molar-refractivity contribution < 1.29 is 22.4 Å². The summed E-state index contributed by atoms with van der Waals surface area (Å²) < 4.78 is 43.2. The van der Waals surface area contributed by atoms with Gasteiger partial charge in [0.1, 0.15) is 5.76 Å². The molecule has 3 heterocycles. The molecule has 0 unspecified atom stereocenters. The van der Waals surface area contributed by atoms with Crippen LogP contribution in [0.2, 0.25) is 0 Å². The first-order chi connectivity index (χ1) is 11.4. The molecule has 1 aliphatic rings. The van der Waals surface area contributed by atoms with E-state index in [1.807, 2.05) is 6.92 Å². The van der Waals surface area contributed by atoms with Gasteiger partial charge in [-0.1, -0.05) is 6.92 Å². The molecule has 130 valence electrons. The van der Waals surface area contributed by atoms with Crippen molar-refractivity contribution in [3.63, 3.8) is 0 Å². The number of amides is 1. The van der Waals surface area contributed by atoms with E-state index in [1.165, 1.54) is 6.39 Å². The number of aromatic nitrogens is 3. The van der Waals surface area contributed by atoms with Crippen LogP contribution < -0.4 is 0 Å². The number of piperidine rings is 1. The molecule has 1 fully saturated rings. The normalized spacial score (nSPS) is 18.8. The third kappa shape index (κ3) is 3.15. The first-order valence-corrected chi connectivity index (χ1v) is 7.74. The van der Waals surface area contributed by atoms with Gasteiger partial charge < -0.3 is 9.32 Å². The summed E-state index contributed by atoms with van der Waals surface area (Å²) in [6, 6.07) is 1.02. The van der Waals surface area contributed by atoms with E-state index in [4.69, 9.17) is 4.42 Å². The molecule has 3 rings (SSSR count). The second-order valence-electron chi connectivity index (χ2n) is 5.77. The van der Waals surface area contributed by atoms with Gasteiger partial charge in [0.15, 0.2) is 17.8 Å². The summed E-state index contributed by atoms with van der Waals surface area (Å²) in [5.74, 6) is 0.0622. The first kappa shape index (κ1) is 16.5. The van der Waals surface area contributed by atoms with Crippen LogP contribution in [0.1, 0.15) is 53.3 Å². The zero-order valence-corrected chi connectivity index (χ0v) is 13.1. The molecule has 0 bridgehead atoms. The molecule has 1 atom stereocenters. The lowest BCUT2D eigenvalue weighted by Gasteiger charge is -2.31. The van der Waals surface area contributed by atoms with Crippen molar-refractivity contribution >= 4 is 5.91 Å². The molecule has 1 amide bonds. The summed E-state index contributed by atoms with van der Waals surface area (Å²) >= 11 is 0. The van der Waals surface area contributed by atoms with Crippen molar-refractivity contribution in [3.8, 4) is 0 Å². The highest BCUT2D eigenvalue weighted by molar-refractivity contribution is 5.93. The minimum absolute atomic E-state index is 0.205. The van der Waals surface area contributed by atoms with Crippen LogP contribution in [0, 0.1) is 0 Å². The number of nitrogens with zero attached hydrogens (tertiary/aromatic N) is 3. The summed E-state index contributed by atoms with van der Waals surface area (Å²) in [5, 5.41) is 5.79. The van der Waals surface area contributed by atoms with Crippen LogP contribution >= 0.6 is 0 Å². The third-order valence-electron chi connectivity index (χ3n) is 4.20. The fourth-order valence-electron chi connectivity index (χ4n) is 2.95. The van der Waals surface area contributed by atoms with Gasteiger partial charge in [-0.05, 0) is 18.9 Å². The number of hydrogen-bond donors (Lipinski definition) is 1. The Kier molecular flexibility index (Phi) is 4.33. The first-order valence-electron chi connectivity index (χ1n) is 7.74. The number of aryl methyl sites for hydroxylation is 1. The zero-order chi connectivity index (χ0) is 17.3. The number of carbonyl (C=O) groups is 1. The molecule has 6 nitrogen and oxygen atoms in total. The van der Waals surface area contributed by atoms with E-state index in [0.717, 1.165) is 6.07 Å². The Morgan fingerprint density at radius 3 is 2.96 bits per heavy atom. The van der Waals surface area contributed by atoms with Crippen molar-refractivity contribution in [2.45, 2.75) is 38.3 Å². The topological polar surface area (TPSA) is 75.0 Å². The van der Waals surface area contributed by atoms with E-state index < -0.39 is 11.9 Å². The van der Waals surface area contributed by atoms with Crippen molar-refractivity contribution in [1.29, 1.82) is 0 Å². The number of H-pyrrole nitrogens is 1. The molecule has 0 saturated carbocycles. The Bertz CT molecular complexity index is 722. The number of carbonyl (C=O) groups excluding carboxylic acids is 1. The largest absolute Gasteiger partial charge is 0.448 e. The van der Waals surface area contributed by atoms with Crippen molar-refractivity contribution in [3.05, 3.63) is 35.3 Å². The summed E-state index contributed by atoms with van der Waals surface area (Å²) in [5.41, 5.74) is -0.264. The fourth-order valence-corrected chi connectivity index (χ4v) is 2.95. The molecule has 0 aliphatic carbocycles. The van der Waals surface area contributed by atoms with Gasteiger partial charge in [-0.15, -0.1) is 0 Å². The maximum atomic E-state index is 12.7. The quantitative estimate of drug-likeness (QED) is 0.930. The fraction of sp³-hybridized carbons (Fsp3) is 0.533. The van der Waals surface area contributed by atoms with Gasteiger partial charge in [0.2, 0.25) is 0 Å². The van der Waals surface area contributed by atoms with Crippen LogP contribution in [-0.2, 0) is 12.6 Å². The van der Waals surface area contributed by atoms with Crippen LogP contribution in [0.4, 0.5) is 13.2 Å². The molecular weight excluding hydrogens is 325 g/mol. The molecule has 0 aromatic carbocycles. The van der Waals surface area contributed by atoms with E-state index in [2.05, 4.69) is 15.2 Å². The number of oxazole rings is 1. The Labute approximate surface area is 136 Å². The van der Waals surface area contributed by atoms with E-state index in [9.17, 15) is 18.0 Å². The highest BCUT2D eigenvalue weighted by atomic mass is 19.4. The number of nitrogens with one attached hydrogen (secondary N) is 1. The lowest BCUT2D eigenvalue weighted by Crippen LogP contribution is -2.39. The number of halogens is 3. The molecule has 0 spiro atoms.